The van der Waals surface area contributed by atoms with Gasteiger partial charge in [-0.25, -0.2) is 4.98 Å². The van der Waals surface area contributed by atoms with Crippen molar-refractivity contribution < 1.29 is 9.47 Å². The van der Waals surface area contributed by atoms with Crippen molar-refractivity contribution in [3.63, 3.8) is 0 Å². The predicted octanol–water partition coefficient (Wildman–Crippen LogP) is 11.1. The van der Waals surface area contributed by atoms with Crippen LogP contribution in [0.2, 0.25) is 0 Å². The number of hydrogen-bond donors (Lipinski definition) is 0. The molecule has 228 valence electrons. The van der Waals surface area contributed by atoms with Gasteiger partial charge in [0, 0.05) is 22.7 Å². The molecule has 0 saturated carbocycles. The van der Waals surface area contributed by atoms with Crippen LogP contribution in [0.15, 0.2) is 146 Å². The molecule has 1 aromatic heterocycles. The maximum atomic E-state index is 5.69. The Bertz CT molecular complexity index is 2180. The zero-order chi connectivity index (χ0) is 31.9. The SMILES string of the molecule is COc1cc(OC)cc(-c2cc(-c3ccc(C)cc3)nc3c(N4c5ccccc5N(c5ccccc5)c5ccccc54)cccc23)c1. The van der Waals surface area contributed by atoms with E-state index in [0.717, 1.165) is 78.9 Å². The van der Waals surface area contributed by atoms with Crippen LogP contribution in [0.5, 0.6) is 11.5 Å². The van der Waals surface area contributed by atoms with Gasteiger partial charge in [-0.05, 0) is 78.7 Å². The fourth-order valence-corrected chi connectivity index (χ4v) is 6.55. The average molecular weight is 612 g/mol. The second kappa shape index (κ2) is 11.7. The van der Waals surface area contributed by atoms with Gasteiger partial charge in [0.05, 0.1) is 53.9 Å². The summed E-state index contributed by atoms with van der Waals surface area (Å²) in [5.41, 5.74) is 12.6. The van der Waals surface area contributed by atoms with Crippen LogP contribution in [0.4, 0.5) is 34.1 Å². The molecule has 5 heteroatoms. The summed E-state index contributed by atoms with van der Waals surface area (Å²) in [6.07, 6.45) is 0. The number of benzene rings is 6. The predicted molar refractivity (Wildman–Crippen MR) is 193 cm³/mol. The number of rotatable bonds is 6. The minimum absolute atomic E-state index is 0.734. The Labute approximate surface area is 274 Å². The highest BCUT2D eigenvalue weighted by molar-refractivity contribution is 6.09. The normalized spacial score (nSPS) is 12.1. The first kappa shape index (κ1) is 28.4. The minimum atomic E-state index is 0.734. The lowest BCUT2D eigenvalue weighted by Gasteiger charge is -2.40. The van der Waals surface area contributed by atoms with E-state index in [4.69, 9.17) is 14.5 Å². The fraction of sp³-hybridized carbons (Fsp3) is 0.0714. The maximum Gasteiger partial charge on any atom is 0.123 e. The summed E-state index contributed by atoms with van der Waals surface area (Å²) in [5.74, 6) is 1.47. The number of nitrogens with zero attached hydrogens (tertiary/aromatic N) is 3. The third-order valence-electron chi connectivity index (χ3n) is 8.81. The number of aromatic nitrogens is 1. The Morgan fingerprint density at radius 1 is 0.489 bits per heavy atom. The molecule has 1 aliphatic heterocycles. The topological polar surface area (TPSA) is 37.8 Å². The first-order valence-electron chi connectivity index (χ1n) is 15.7. The summed E-state index contributed by atoms with van der Waals surface area (Å²) in [5, 5.41) is 1.04. The largest absolute Gasteiger partial charge is 0.497 e. The van der Waals surface area contributed by atoms with Gasteiger partial charge in [0.25, 0.3) is 0 Å². The summed E-state index contributed by atoms with van der Waals surface area (Å²) in [4.78, 5) is 10.1. The van der Waals surface area contributed by atoms with Crippen LogP contribution in [0, 0.1) is 6.92 Å². The van der Waals surface area contributed by atoms with Crippen molar-refractivity contribution >= 4 is 45.0 Å². The third-order valence-corrected chi connectivity index (χ3v) is 8.81. The number of ether oxygens (including phenoxy) is 2. The zero-order valence-electron chi connectivity index (χ0n) is 26.5. The van der Waals surface area contributed by atoms with Crippen LogP contribution >= 0.6 is 0 Å². The smallest absolute Gasteiger partial charge is 0.123 e. The Kier molecular flexibility index (Phi) is 7.07. The molecule has 0 saturated heterocycles. The summed E-state index contributed by atoms with van der Waals surface area (Å²) in [7, 11) is 3.37. The molecule has 0 spiro atoms. The number of fused-ring (bicyclic) bond motifs is 3. The van der Waals surface area contributed by atoms with Crippen molar-refractivity contribution in [1.82, 2.24) is 4.98 Å². The van der Waals surface area contributed by atoms with Crippen molar-refractivity contribution in [2.45, 2.75) is 6.92 Å². The number of para-hydroxylation sites is 6. The van der Waals surface area contributed by atoms with Crippen molar-refractivity contribution in [2.75, 3.05) is 24.0 Å². The lowest BCUT2D eigenvalue weighted by molar-refractivity contribution is 0.394. The monoisotopic (exact) mass is 611 g/mol. The first-order chi connectivity index (χ1) is 23.1. The molecule has 6 aromatic carbocycles. The molecule has 0 radical (unpaired) electrons. The molecule has 1 aliphatic rings. The van der Waals surface area contributed by atoms with Crippen LogP contribution in [0.1, 0.15) is 5.56 Å². The van der Waals surface area contributed by atoms with E-state index >= 15 is 0 Å². The second-order valence-electron chi connectivity index (χ2n) is 11.7. The average Bonchev–Trinajstić information content (AvgIpc) is 3.13. The van der Waals surface area contributed by atoms with Gasteiger partial charge in [-0.2, -0.15) is 0 Å². The van der Waals surface area contributed by atoms with E-state index in [9.17, 15) is 0 Å². The van der Waals surface area contributed by atoms with Crippen molar-refractivity contribution in [3.05, 3.63) is 151 Å². The minimum Gasteiger partial charge on any atom is -0.497 e. The molecular formula is C42H33N3O2. The summed E-state index contributed by atoms with van der Waals surface area (Å²) in [6.45, 7) is 2.10. The number of hydrogen-bond acceptors (Lipinski definition) is 5. The van der Waals surface area contributed by atoms with Gasteiger partial charge in [0.2, 0.25) is 0 Å². The van der Waals surface area contributed by atoms with Gasteiger partial charge in [0.15, 0.2) is 0 Å². The van der Waals surface area contributed by atoms with E-state index in [1.807, 2.05) is 6.07 Å². The van der Waals surface area contributed by atoms with E-state index in [2.05, 4.69) is 156 Å². The van der Waals surface area contributed by atoms with E-state index < -0.39 is 0 Å². The van der Waals surface area contributed by atoms with E-state index in [1.54, 1.807) is 14.2 Å². The van der Waals surface area contributed by atoms with Gasteiger partial charge in [0.1, 0.15) is 11.5 Å². The Morgan fingerprint density at radius 2 is 1.04 bits per heavy atom. The molecule has 47 heavy (non-hydrogen) atoms. The van der Waals surface area contributed by atoms with Gasteiger partial charge >= 0.3 is 0 Å². The van der Waals surface area contributed by atoms with Crippen molar-refractivity contribution in [3.8, 4) is 33.9 Å². The first-order valence-corrected chi connectivity index (χ1v) is 15.7. The van der Waals surface area contributed by atoms with E-state index in [0.29, 0.717) is 0 Å². The van der Waals surface area contributed by atoms with Gasteiger partial charge in [-0.1, -0.05) is 84.4 Å². The lowest BCUT2D eigenvalue weighted by atomic mass is 9.96. The van der Waals surface area contributed by atoms with Crippen LogP contribution < -0.4 is 19.3 Å². The zero-order valence-corrected chi connectivity index (χ0v) is 26.5. The highest BCUT2D eigenvalue weighted by Crippen LogP contribution is 2.55. The molecule has 0 fully saturated rings. The number of methoxy groups -OCH3 is 2. The maximum absolute atomic E-state index is 5.69. The summed E-state index contributed by atoms with van der Waals surface area (Å²) < 4.78 is 11.4. The third kappa shape index (κ3) is 4.93. The van der Waals surface area contributed by atoms with Crippen LogP contribution in [-0.2, 0) is 0 Å². The van der Waals surface area contributed by atoms with Crippen LogP contribution in [-0.4, -0.2) is 19.2 Å². The molecule has 0 atom stereocenters. The van der Waals surface area contributed by atoms with Gasteiger partial charge in [-0.15, -0.1) is 0 Å². The van der Waals surface area contributed by atoms with E-state index in [-0.39, 0.29) is 0 Å². The molecule has 0 aliphatic carbocycles. The van der Waals surface area contributed by atoms with Crippen molar-refractivity contribution in [1.29, 1.82) is 0 Å². The fourth-order valence-electron chi connectivity index (χ4n) is 6.55. The molecule has 0 unspecified atom stereocenters. The van der Waals surface area contributed by atoms with Crippen LogP contribution in [0.3, 0.4) is 0 Å². The summed E-state index contributed by atoms with van der Waals surface area (Å²) >= 11 is 0. The Hall–Kier alpha value is -6.07. The number of pyridine rings is 1. The van der Waals surface area contributed by atoms with Gasteiger partial charge in [-0.3, -0.25) is 0 Å². The van der Waals surface area contributed by atoms with Crippen molar-refractivity contribution in [2.24, 2.45) is 0 Å². The number of aryl methyl sites for hydroxylation is 1. The second-order valence-corrected chi connectivity index (χ2v) is 11.7. The highest BCUT2D eigenvalue weighted by atomic mass is 16.5. The molecule has 0 bridgehead atoms. The molecule has 0 N–H and O–H groups in total. The van der Waals surface area contributed by atoms with Crippen LogP contribution in [0.25, 0.3) is 33.3 Å². The standard InChI is InChI=1S/C42H33N3O2/c1-28-20-22-29(23-21-28)36-27-35(30-24-32(46-2)26-33(25-30)47-3)34-14-11-19-41(42(34)43-36)45-39-17-9-7-15-37(39)44(31-12-5-4-6-13-31)38-16-8-10-18-40(38)45/h4-27H,1-3H3. The molecule has 5 nitrogen and oxygen atoms in total. The Balaban J connectivity index is 1.42. The Morgan fingerprint density at radius 3 is 1.64 bits per heavy atom. The highest BCUT2D eigenvalue weighted by Gasteiger charge is 2.31. The molecule has 0 amide bonds. The lowest BCUT2D eigenvalue weighted by Crippen LogP contribution is -2.24. The molecular weight excluding hydrogens is 578 g/mol. The summed E-state index contributed by atoms with van der Waals surface area (Å²) in [6, 6.07) is 50.9. The quantitative estimate of drug-likeness (QED) is 0.187. The van der Waals surface area contributed by atoms with Gasteiger partial charge < -0.3 is 19.3 Å². The molecule has 7 aromatic rings. The molecule has 8 rings (SSSR count). The van der Waals surface area contributed by atoms with E-state index in [1.165, 1.54) is 5.56 Å². The molecule has 2 heterocycles. The number of anilines is 6.